The van der Waals surface area contributed by atoms with Crippen molar-refractivity contribution in [1.29, 1.82) is 0 Å². The Balaban J connectivity index is 1.28. The van der Waals surface area contributed by atoms with Crippen LogP contribution >= 0.6 is 11.3 Å². The van der Waals surface area contributed by atoms with E-state index in [0.29, 0.717) is 16.6 Å². The van der Waals surface area contributed by atoms with Crippen LogP contribution in [0.3, 0.4) is 0 Å². The fourth-order valence-electron chi connectivity index (χ4n) is 2.62. The maximum Gasteiger partial charge on any atom is 0.264 e. The summed E-state index contributed by atoms with van der Waals surface area (Å²) in [5.41, 5.74) is 2.13. The van der Waals surface area contributed by atoms with E-state index < -0.39 is 0 Å². The summed E-state index contributed by atoms with van der Waals surface area (Å²) >= 11 is 1.31. The van der Waals surface area contributed by atoms with E-state index in [1.807, 2.05) is 61.5 Å². The van der Waals surface area contributed by atoms with Crippen molar-refractivity contribution in [3.63, 3.8) is 0 Å². The van der Waals surface area contributed by atoms with Gasteiger partial charge in [-0.25, -0.2) is 0 Å². The zero-order valence-corrected chi connectivity index (χ0v) is 17.1. The van der Waals surface area contributed by atoms with Gasteiger partial charge in [0.1, 0.15) is 22.3 Å². The monoisotopic (exact) mass is 417 g/mol. The number of hydrogen-bond acceptors (Lipinski definition) is 6. The third kappa shape index (κ3) is 5.21. The molecule has 0 saturated carbocycles. The average Bonchev–Trinajstić information content (AvgIpc) is 3.24. The number of carbonyl (C=O) groups is 1. The molecule has 30 heavy (non-hydrogen) atoms. The topological polar surface area (TPSA) is 73.3 Å². The zero-order chi connectivity index (χ0) is 20.8. The maximum absolute atomic E-state index is 12.1. The number of anilines is 1. The van der Waals surface area contributed by atoms with Gasteiger partial charge in [0, 0.05) is 5.56 Å². The smallest absolute Gasteiger partial charge is 0.264 e. The molecule has 0 unspecified atom stereocenters. The fourth-order valence-corrected chi connectivity index (χ4v) is 3.39. The minimum Gasteiger partial charge on any atom is -0.484 e. The molecule has 0 bridgehead atoms. The summed E-state index contributed by atoms with van der Waals surface area (Å²) in [6.45, 7) is 1.90. The molecule has 0 aliphatic carbocycles. The number of benzene rings is 3. The maximum atomic E-state index is 12.1. The molecule has 1 amide bonds. The molecule has 1 N–H and O–H groups in total. The molecule has 0 atom stereocenters. The number of aromatic nitrogens is 2. The molecule has 0 spiro atoms. The number of ether oxygens (including phenoxy) is 2. The molecule has 150 valence electrons. The highest BCUT2D eigenvalue weighted by atomic mass is 32.1. The molecule has 1 heterocycles. The van der Waals surface area contributed by atoms with Crippen LogP contribution in [-0.4, -0.2) is 22.7 Å². The van der Waals surface area contributed by atoms with E-state index in [0.717, 1.165) is 16.3 Å². The molecule has 0 aliphatic rings. The molecule has 0 aliphatic heterocycles. The van der Waals surface area contributed by atoms with Crippen LogP contribution in [0.2, 0.25) is 0 Å². The predicted octanol–water partition coefficient (Wildman–Crippen LogP) is 5.32. The van der Waals surface area contributed by atoms with Crippen LogP contribution in [0.1, 0.15) is 5.56 Å². The first-order valence-electron chi connectivity index (χ1n) is 9.32. The third-order valence-electron chi connectivity index (χ3n) is 4.14. The number of aryl methyl sites for hydroxylation is 1. The number of nitrogens with zero attached hydrogens (tertiary/aromatic N) is 2. The summed E-state index contributed by atoms with van der Waals surface area (Å²) < 4.78 is 11.3. The van der Waals surface area contributed by atoms with Gasteiger partial charge >= 0.3 is 0 Å². The quantitative estimate of drug-likeness (QED) is 0.440. The molecule has 1 aromatic heterocycles. The molecule has 7 heteroatoms. The van der Waals surface area contributed by atoms with E-state index in [9.17, 15) is 4.79 Å². The lowest BCUT2D eigenvalue weighted by Crippen LogP contribution is -2.20. The lowest BCUT2D eigenvalue weighted by molar-refractivity contribution is -0.118. The van der Waals surface area contributed by atoms with E-state index in [2.05, 4.69) is 15.5 Å². The van der Waals surface area contributed by atoms with Crippen LogP contribution in [0.4, 0.5) is 5.13 Å². The van der Waals surface area contributed by atoms with Crippen LogP contribution in [0.25, 0.3) is 10.6 Å². The van der Waals surface area contributed by atoms with Gasteiger partial charge in [-0.15, -0.1) is 10.2 Å². The molecule has 4 aromatic rings. The van der Waals surface area contributed by atoms with E-state index >= 15 is 0 Å². The van der Waals surface area contributed by atoms with Crippen LogP contribution in [0.5, 0.6) is 17.2 Å². The van der Waals surface area contributed by atoms with Crippen LogP contribution in [0.15, 0.2) is 78.9 Å². The van der Waals surface area contributed by atoms with E-state index in [1.54, 1.807) is 24.3 Å². The van der Waals surface area contributed by atoms with E-state index in [-0.39, 0.29) is 12.5 Å². The number of carbonyl (C=O) groups excluding carboxylic acids is 1. The van der Waals surface area contributed by atoms with E-state index in [4.69, 9.17) is 9.47 Å². The summed E-state index contributed by atoms with van der Waals surface area (Å²) in [5, 5.41) is 12.0. The van der Waals surface area contributed by atoms with Gasteiger partial charge in [-0.05, 0) is 43.3 Å². The van der Waals surface area contributed by atoms with Crippen LogP contribution in [0, 0.1) is 6.92 Å². The SMILES string of the molecule is Cc1ccc(Oc2ccc(OCC(=O)Nc3nnc(-c4ccccc4)s3)cc2)cc1. The molecule has 3 aromatic carbocycles. The molecular weight excluding hydrogens is 398 g/mol. The minimum atomic E-state index is -0.300. The van der Waals surface area contributed by atoms with Gasteiger partial charge < -0.3 is 9.47 Å². The second-order valence-corrected chi connectivity index (χ2v) is 7.48. The minimum absolute atomic E-state index is 0.127. The first kappa shape index (κ1) is 19.6. The summed E-state index contributed by atoms with van der Waals surface area (Å²) in [5.74, 6) is 1.73. The second kappa shape index (κ2) is 9.19. The van der Waals surface area contributed by atoms with Crippen molar-refractivity contribution in [1.82, 2.24) is 10.2 Å². The van der Waals surface area contributed by atoms with E-state index in [1.165, 1.54) is 16.9 Å². The Bertz CT molecular complexity index is 1110. The number of nitrogens with one attached hydrogen (secondary N) is 1. The summed E-state index contributed by atoms with van der Waals surface area (Å²) in [4.78, 5) is 12.1. The van der Waals surface area contributed by atoms with Crippen molar-refractivity contribution >= 4 is 22.4 Å². The van der Waals surface area contributed by atoms with Gasteiger partial charge in [-0.2, -0.15) is 0 Å². The number of amides is 1. The highest BCUT2D eigenvalue weighted by Crippen LogP contribution is 2.26. The lowest BCUT2D eigenvalue weighted by Gasteiger charge is -2.08. The fraction of sp³-hybridized carbons (Fsp3) is 0.0870. The zero-order valence-electron chi connectivity index (χ0n) is 16.2. The normalized spacial score (nSPS) is 10.4. The number of hydrogen-bond donors (Lipinski definition) is 1. The first-order valence-corrected chi connectivity index (χ1v) is 10.1. The highest BCUT2D eigenvalue weighted by molar-refractivity contribution is 7.18. The van der Waals surface area contributed by atoms with Crippen molar-refractivity contribution in [2.45, 2.75) is 6.92 Å². The Morgan fingerprint density at radius 2 is 1.50 bits per heavy atom. The van der Waals surface area contributed by atoms with Crippen LogP contribution < -0.4 is 14.8 Å². The summed E-state index contributed by atoms with van der Waals surface area (Å²) in [6, 6.07) is 24.6. The Labute approximate surface area is 178 Å². The van der Waals surface area contributed by atoms with Crippen molar-refractivity contribution in [3.8, 4) is 27.8 Å². The van der Waals surface area contributed by atoms with Gasteiger partial charge in [0.2, 0.25) is 5.13 Å². The third-order valence-corrected chi connectivity index (χ3v) is 5.03. The predicted molar refractivity (Wildman–Crippen MR) is 117 cm³/mol. The molecule has 6 nitrogen and oxygen atoms in total. The Morgan fingerprint density at radius 3 is 2.20 bits per heavy atom. The highest BCUT2D eigenvalue weighted by Gasteiger charge is 2.10. The van der Waals surface area contributed by atoms with Gasteiger partial charge in [0.15, 0.2) is 6.61 Å². The van der Waals surface area contributed by atoms with Gasteiger partial charge in [-0.1, -0.05) is 59.4 Å². The number of rotatable bonds is 7. The molecule has 0 fully saturated rings. The Kier molecular flexibility index (Phi) is 6.01. The van der Waals surface area contributed by atoms with Crippen molar-refractivity contribution in [2.24, 2.45) is 0 Å². The molecule has 0 saturated heterocycles. The van der Waals surface area contributed by atoms with Gasteiger partial charge in [0.25, 0.3) is 5.91 Å². The summed E-state index contributed by atoms with van der Waals surface area (Å²) in [7, 11) is 0. The first-order chi connectivity index (χ1) is 14.7. The molecular formula is C23H19N3O3S. The van der Waals surface area contributed by atoms with Gasteiger partial charge in [-0.3, -0.25) is 10.1 Å². The lowest BCUT2D eigenvalue weighted by atomic mass is 10.2. The van der Waals surface area contributed by atoms with Crippen molar-refractivity contribution < 1.29 is 14.3 Å². The van der Waals surface area contributed by atoms with Crippen molar-refractivity contribution in [3.05, 3.63) is 84.4 Å². The van der Waals surface area contributed by atoms with Crippen LogP contribution in [-0.2, 0) is 4.79 Å². The molecule has 4 rings (SSSR count). The largest absolute Gasteiger partial charge is 0.484 e. The second-order valence-electron chi connectivity index (χ2n) is 6.50. The van der Waals surface area contributed by atoms with Crippen molar-refractivity contribution in [2.75, 3.05) is 11.9 Å². The Morgan fingerprint density at radius 1 is 0.867 bits per heavy atom. The summed E-state index contributed by atoms with van der Waals surface area (Å²) in [6.07, 6.45) is 0. The van der Waals surface area contributed by atoms with Gasteiger partial charge in [0.05, 0.1) is 0 Å². The molecule has 0 radical (unpaired) electrons. The average molecular weight is 417 g/mol. The Hall–Kier alpha value is -3.71. The standard InChI is InChI=1S/C23H19N3O3S/c1-16-7-9-19(10-8-16)29-20-13-11-18(12-14-20)28-15-21(27)24-23-26-25-22(30-23)17-5-3-2-4-6-17/h2-14H,15H2,1H3,(H,24,26,27).